The van der Waals surface area contributed by atoms with E-state index in [1.165, 1.54) is 0 Å². The third-order valence-electron chi connectivity index (χ3n) is 2.44. The van der Waals surface area contributed by atoms with Gasteiger partial charge in [-0.25, -0.2) is 0 Å². The van der Waals surface area contributed by atoms with Crippen LogP contribution in [0.15, 0.2) is 17.1 Å². The van der Waals surface area contributed by atoms with Crippen LogP contribution in [0.25, 0.3) is 0 Å². The molecule has 0 spiro atoms. The van der Waals surface area contributed by atoms with E-state index in [1.807, 2.05) is 12.2 Å². The number of nitrogens with two attached hydrogens (primary N) is 1. The first-order valence-electron chi connectivity index (χ1n) is 5.52. The number of rotatable bonds is 2. The quantitative estimate of drug-likeness (QED) is 0.196. The Morgan fingerprint density at radius 1 is 1.76 bits per heavy atom. The van der Waals surface area contributed by atoms with Gasteiger partial charge >= 0.3 is 0 Å². The summed E-state index contributed by atoms with van der Waals surface area (Å²) in [6.45, 7) is 0.678. The van der Waals surface area contributed by atoms with Gasteiger partial charge < -0.3 is 26.8 Å². The van der Waals surface area contributed by atoms with Gasteiger partial charge in [0.25, 0.3) is 0 Å². The van der Waals surface area contributed by atoms with Crippen molar-refractivity contribution >= 4 is 11.9 Å². The first-order chi connectivity index (χ1) is 8.17. The molecule has 0 aliphatic carbocycles. The Morgan fingerprint density at radius 3 is 3.12 bits per heavy atom. The summed E-state index contributed by atoms with van der Waals surface area (Å²) in [5.74, 6) is 0.505. The second-order valence-electron chi connectivity index (χ2n) is 3.73. The predicted molar refractivity (Wildman–Crippen MR) is 68.0 cm³/mol. The first kappa shape index (κ1) is 13.3. The molecule has 0 fully saturated rings. The van der Waals surface area contributed by atoms with E-state index in [-0.39, 0.29) is 24.7 Å². The van der Waals surface area contributed by atoms with E-state index in [9.17, 15) is 5.11 Å². The summed E-state index contributed by atoms with van der Waals surface area (Å²) < 4.78 is 0. The fourth-order valence-electron chi connectivity index (χ4n) is 1.60. The Balaban J connectivity index is 2.81. The van der Waals surface area contributed by atoms with Crippen LogP contribution in [0.5, 0.6) is 0 Å². The number of hydrogen-bond donors (Lipinski definition) is 6. The third-order valence-corrected chi connectivity index (χ3v) is 2.44. The van der Waals surface area contributed by atoms with Gasteiger partial charge in [0, 0.05) is 13.6 Å². The molecular weight excluding hydrogens is 220 g/mol. The molecule has 7 heteroatoms. The maximum atomic E-state index is 9.37. The number of hydrogen-bond acceptors (Lipinski definition) is 3. The zero-order valence-corrected chi connectivity index (χ0v) is 9.90. The summed E-state index contributed by atoms with van der Waals surface area (Å²) in [6.07, 6.45) is 4.72. The number of nitrogens with zero attached hydrogens (tertiary/aromatic N) is 1. The molecule has 2 atom stereocenters. The van der Waals surface area contributed by atoms with Crippen LogP contribution in [-0.4, -0.2) is 49.3 Å². The van der Waals surface area contributed by atoms with Crippen molar-refractivity contribution in [2.45, 2.75) is 18.5 Å². The molecule has 0 aromatic heterocycles. The number of aliphatic hydroxyl groups is 1. The SMILES string of the molecule is C/N=C1/NCC/C=C\[C@@H](NC(=N)N)[C@H](CO)N1. The molecule has 0 aromatic carbocycles. The lowest BCUT2D eigenvalue weighted by Crippen LogP contribution is -2.55. The van der Waals surface area contributed by atoms with Crippen molar-refractivity contribution in [2.24, 2.45) is 10.7 Å². The molecule has 17 heavy (non-hydrogen) atoms. The van der Waals surface area contributed by atoms with Crippen LogP contribution in [0.4, 0.5) is 0 Å². The van der Waals surface area contributed by atoms with Gasteiger partial charge in [-0.3, -0.25) is 10.4 Å². The van der Waals surface area contributed by atoms with Crippen LogP contribution in [0, 0.1) is 5.41 Å². The Morgan fingerprint density at radius 2 is 2.53 bits per heavy atom. The van der Waals surface area contributed by atoms with Gasteiger partial charge in [-0.2, -0.15) is 0 Å². The molecule has 0 radical (unpaired) electrons. The van der Waals surface area contributed by atoms with Gasteiger partial charge in [-0.05, 0) is 6.42 Å². The minimum absolute atomic E-state index is 0.0873. The Labute approximate surface area is 101 Å². The minimum atomic E-state index is -0.292. The molecular formula is C10H20N6O. The lowest BCUT2D eigenvalue weighted by Gasteiger charge is -2.26. The number of guanidine groups is 2. The Bertz CT molecular complexity index is 314. The molecule has 0 amide bonds. The largest absolute Gasteiger partial charge is 0.394 e. The van der Waals surface area contributed by atoms with Crippen molar-refractivity contribution in [3.05, 3.63) is 12.2 Å². The number of nitrogens with one attached hydrogen (secondary N) is 4. The Hall–Kier alpha value is -1.76. The highest BCUT2D eigenvalue weighted by Crippen LogP contribution is 1.99. The molecule has 0 saturated carbocycles. The van der Waals surface area contributed by atoms with Crippen LogP contribution in [0.3, 0.4) is 0 Å². The van der Waals surface area contributed by atoms with Crippen molar-refractivity contribution < 1.29 is 5.11 Å². The average molecular weight is 240 g/mol. The molecule has 7 N–H and O–H groups in total. The predicted octanol–water partition coefficient (Wildman–Crippen LogP) is -1.68. The van der Waals surface area contributed by atoms with E-state index in [1.54, 1.807) is 7.05 Å². The minimum Gasteiger partial charge on any atom is -0.394 e. The topological polar surface area (TPSA) is 119 Å². The molecule has 0 aromatic rings. The molecule has 1 heterocycles. The number of aliphatic hydroxyl groups excluding tert-OH is 1. The molecule has 1 rings (SSSR count). The molecule has 1 aliphatic heterocycles. The molecule has 1 aliphatic rings. The van der Waals surface area contributed by atoms with Gasteiger partial charge in [-0.15, -0.1) is 0 Å². The van der Waals surface area contributed by atoms with E-state index in [0.29, 0.717) is 5.96 Å². The zero-order chi connectivity index (χ0) is 12.7. The highest BCUT2D eigenvalue weighted by molar-refractivity contribution is 5.80. The maximum Gasteiger partial charge on any atom is 0.191 e. The summed E-state index contributed by atoms with van der Waals surface area (Å²) >= 11 is 0. The summed E-state index contributed by atoms with van der Waals surface area (Å²) in [5.41, 5.74) is 5.32. The first-order valence-corrected chi connectivity index (χ1v) is 5.52. The Kier molecular flexibility index (Phi) is 5.28. The lowest BCUT2D eigenvalue weighted by molar-refractivity contribution is 0.242. The normalized spacial score (nSPS) is 29.2. The second kappa shape index (κ2) is 6.74. The standard InChI is InChI=1S/C10H20N6O/c1-13-10-14-5-3-2-4-7(15-9(11)12)8(6-17)16-10/h2,4,7-8,17H,3,5-6H2,1H3,(H4,11,12,15)(H2,13,14,16)/b4-2-/t7-,8+/m1/s1. The van der Waals surface area contributed by atoms with Gasteiger partial charge in [-0.1, -0.05) is 12.2 Å². The maximum absolute atomic E-state index is 9.37. The van der Waals surface area contributed by atoms with E-state index in [4.69, 9.17) is 11.1 Å². The molecule has 96 valence electrons. The third kappa shape index (κ3) is 4.31. The molecule has 0 saturated heterocycles. The summed E-state index contributed by atoms with van der Waals surface area (Å²) in [6, 6.07) is -0.534. The van der Waals surface area contributed by atoms with Crippen molar-refractivity contribution in [3.63, 3.8) is 0 Å². The van der Waals surface area contributed by atoms with Crippen LogP contribution in [-0.2, 0) is 0 Å². The van der Waals surface area contributed by atoms with Crippen molar-refractivity contribution in [3.8, 4) is 0 Å². The van der Waals surface area contributed by atoms with Crippen LogP contribution >= 0.6 is 0 Å². The molecule has 0 bridgehead atoms. The zero-order valence-electron chi connectivity index (χ0n) is 9.90. The smallest absolute Gasteiger partial charge is 0.191 e. The van der Waals surface area contributed by atoms with E-state index >= 15 is 0 Å². The summed E-state index contributed by atoms with van der Waals surface area (Å²) in [4.78, 5) is 4.05. The van der Waals surface area contributed by atoms with E-state index in [2.05, 4.69) is 20.9 Å². The van der Waals surface area contributed by atoms with E-state index in [0.717, 1.165) is 13.0 Å². The van der Waals surface area contributed by atoms with Crippen LogP contribution in [0.2, 0.25) is 0 Å². The van der Waals surface area contributed by atoms with Crippen LogP contribution in [0.1, 0.15) is 6.42 Å². The highest BCUT2D eigenvalue weighted by Gasteiger charge is 2.20. The second-order valence-corrected chi connectivity index (χ2v) is 3.73. The van der Waals surface area contributed by atoms with Gasteiger partial charge in [0.2, 0.25) is 0 Å². The van der Waals surface area contributed by atoms with Gasteiger partial charge in [0.05, 0.1) is 18.7 Å². The molecule has 7 nitrogen and oxygen atoms in total. The van der Waals surface area contributed by atoms with Crippen LogP contribution < -0.4 is 21.7 Å². The number of aliphatic imine (C=N–C) groups is 1. The summed E-state index contributed by atoms with van der Waals surface area (Å²) in [7, 11) is 1.67. The van der Waals surface area contributed by atoms with Crippen molar-refractivity contribution in [2.75, 3.05) is 20.2 Å². The molecule has 0 unspecified atom stereocenters. The fraction of sp³-hybridized carbons (Fsp3) is 0.600. The fourth-order valence-corrected chi connectivity index (χ4v) is 1.60. The lowest BCUT2D eigenvalue weighted by atomic mass is 10.1. The monoisotopic (exact) mass is 240 g/mol. The summed E-state index contributed by atoms with van der Waals surface area (Å²) in [5, 5.41) is 25.6. The van der Waals surface area contributed by atoms with Crippen molar-refractivity contribution in [1.82, 2.24) is 16.0 Å². The van der Waals surface area contributed by atoms with E-state index < -0.39 is 0 Å². The average Bonchev–Trinajstić information content (AvgIpc) is 2.39. The van der Waals surface area contributed by atoms with Gasteiger partial charge in [0.1, 0.15) is 0 Å². The highest BCUT2D eigenvalue weighted by atomic mass is 16.3. The van der Waals surface area contributed by atoms with Gasteiger partial charge in [0.15, 0.2) is 11.9 Å². The van der Waals surface area contributed by atoms with Crippen molar-refractivity contribution in [1.29, 1.82) is 5.41 Å².